The standard InChI is InChI=1S/C28H37FO8/c1-4-35-26(34)16-22(33)15-21(32)9-10-23-24(18(2)3)17-25(36-13-11-30)28(37-14-12-31)27(23)19-5-7-20(29)8-6-19/h5-10,17-18,21-22,30-33H,4,11-16H2,1-3H3. The molecule has 37 heavy (non-hydrogen) atoms. The molecule has 0 bridgehead atoms. The fourth-order valence-corrected chi connectivity index (χ4v) is 3.85. The van der Waals surface area contributed by atoms with Gasteiger partial charge in [0.2, 0.25) is 0 Å². The van der Waals surface area contributed by atoms with Gasteiger partial charge in [0.25, 0.3) is 0 Å². The Morgan fingerprint density at radius 3 is 2.30 bits per heavy atom. The van der Waals surface area contributed by atoms with Crippen molar-refractivity contribution in [1.29, 1.82) is 0 Å². The molecule has 2 aromatic rings. The van der Waals surface area contributed by atoms with E-state index in [1.165, 1.54) is 18.2 Å². The van der Waals surface area contributed by atoms with E-state index in [2.05, 4.69) is 0 Å². The van der Waals surface area contributed by atoms with E-state index in [9.17, 15) is 29.6 Å². The number of aliphatic hydroxyl groups excluding tert-OH is 4. The van der Waals surface area contributed by atoms with Crippen LogP contribution in [0.3, 0.4) is 0 Å². The van der Waals surface area contributed by atoms with Gasteiger partial charge in [0.15, 0.2) is 11.5 Å². The molecule has 0 heterocycles. The summed E-state index contributed by atoms with van der Waals surface area (Å²) in [6.07, 6.45) is 0.732. The molecule has 2 aromatic carbocycles. The summed E-state index contributed by atoms with van der Waals surface area (Å²) in [5, 5.41) is 39.4. The Morgan fingerprint density at radius 2 is 1.70 bits per heavy atom. The van der Waals surface area contributed by atoms with Crippen LogP contribution in [0, 0.1) is 5.82 Å². The molecule has 0 spiro atoms. The predicted molar refractivity (Wildman–Crippen MR) is 138 cm³/mol. The summed E-state index contributed by atoms with van der Waals surface area (Å²) in [5.74, 6) is -0.311. The van der Waals surface area contributed by atoms with Gasteiger partial charge in [-0.15, -0.1) is 0 Å². The predicted octanol–water partition coefficient (Wildman–Crippen LogP) is 3.44. The van der Waals surface area contributed by atoms with E-state index in [0.717, 1.165) is 5.56 Å². The average Bonchev–Trinajstić information content (AvgIpc) is 2.85. The van der Waals surface area contributed by atoms with E-state index >= 15 is 0 Å². The second-order valence-electron chi connectivity index (χ2n) is 8.71. The molecule has 0 saturated heterocycles. The lowest BCUT2D eigenvalue weighted by Crippen LogP contribution is -2.20. The van der Waals surface area contributed by atoms with E-state index in [1.807, 2.05) is 13.8 Å². The van der Waals surface area contributed by atoms with E-state index < -0.39 is 24.0 Å². The first-order valence-electron chi connectivity index (χ1n) is 12.4. The van der Waals surface area contributed by atoms with E-state index in [0.29, 0.717) is 28.2 Å². The summed E-state index contributed by atoms with van der Waals surface area (Å²) < 4.78 is 30.2. The highest BCUT2D eigenvalue weighted by molar-refractivity contribution is 5.85. The largest absolute Gasteiger partial charge is 0.487 e. The van der Waals surface area contributed by atoms with Crippen molar-refractivity contribution in [3.63, 3.8) is 0 Å². The summed E-state index contributed by atoms with van der Waals surface area (Å²) >= 11 is 0. The lowest BCUT2D eigenvalue weighted by molar-refractivity contribution is -0.145. The molecule has 9 heteroatoms. The Labute approximate surface area is 216 Å². The highest BCUT2D eigenvalue weighted by Gasteiger charge is 2.23. The van der Waals surface area contributed by atoms with Crippen LogP contribution in [-0.4, -0.2) is 71.6 Å². The van der Waals surface area contributed by atoms with Crippen molar-refractivity contribution in [3.8, 4) is 22.6 Å². The zero-order valence-electron chi connectivity index (χ0n) is 21.5. The van der Waals surface area contributed by atoms with E-state index in [4.69, 9.17) is 14.2 Å². The maximum atomic E-state index is 13.8. The van der Waals surface area contributed by atoms with Crippen molar-refractivity contribution in [2.24, 2.45) is 0 Å². The van der Waals surface area contributed by atoms with Crippen LogP contribution < -0.4 is 9.47 Å². The maximum absolute atomic E-state index is 13.8. The molecule has 2 rings (SSSR count). The van der Waals surface area contributed by atoms with Crippen LogP contribution in [0.2, 0.25) is 0 Å². The molecule has 0 radical (unpaired) electrons. The third kappa shape index (κ3) is 9.12. The number of halogens is 1. The topological polar surface area (TPSA) is 126 Å². The second-order valence-corrected chi connectivity index (χ2v) is 8.71. The Morgan fingerprint density at radius 1 is 1.05 bits per heavy atom. The number of ether oxygens (including phenoxy) is 3. The van der Waals surface area contributed by atoms with Gasteiger partial charge in [-0.05, 0) is 47.7 Å². The monoisotopic (exact) mass is 520 g/mol. The molecule has 0 aliphatic rings. The Hall–Kier alpha value is -2.98. The van der Waals surface area contributed by atoms with Crippen LogP contribution in [0.4, 0.5) is 4.39 Å². The molecular weight excluding hydrogens is 483 g/mol. The van der Waals surface area contributed by atoms with Crippen LogP contribution in [-0.2, 0) is 9.53 Å². The maximum Gasteiger partial charge on any atom is 0.308 e. The van der Waals surface area contributed by atoms with Crippen molar-refractivity contribution in [2.45, 2.75) is 51.7 Å². The number of carbonyl (C=O) groups is 1. The molecule has 4 N–H and O–H groups in total. The summed E-state index contributed by atoms with van der Waals surface area (Å²) in [7, 11) is 0. The molecule has 2 unspecified atom stereocenters. The van der Waals surface area contributed by atoms with Gasteiger partial charge in [0.05, 0.1) is 38.4 Å². The Bertz CT molecular complexity index is 1020. The van der Waals surface area contributed by atoms with Crippen molar-refractivity contribution in [3.05, 3.63) is 53.4 Å². The Balaban J connectivity index is 2.59. The number of carbonyl (C=O) groups excluding carboxylic acids is 1. The number of aliphatic hydroxyl groups is 4. The van der Waals surface area contributed by atoms with Crippen molar-refractivity contribution in [2.75, 3.05) is 33.0 Å². The SMILES string of the molecule is CCOC(=O)CC(O)CC(O)C=Cc1c(C(C)C)cc(OCCO)c(OCCO)c1-c1ccc(F)cc1. The minimum atomic E-state index is -1.09. The van der Waals surface area contributed by atoms with Gasteiger partial charge in [-0.25, -0.2) is 4.39 Å². The molecule has 0 fully saturated rings. The normalized spacial score (nSPS) is 13.1. The van der Waals surface area contributed by atoms with Gasteiger partial charge in [-0.1, -0.05) is 38.1 Å². The zero-order valence-corrected chi connectivity index (χ0v) is 21.5. The summed E-state index contributed by atoms with van der Waals surface area (Å²) in [4.78, 5) is 11.6. The molecular formula is C28H37FO8. The fraction of sp³-hybridized carbons (Fsp3) is 0.464. The van der Waals surface area contributed by atoms with Crippen LogP contribution in [0.1, 0.15) is 50.7 Å². The van der Waals surface area contributed by atoms with Crippen molar-refractivity contribution >= 4 is 12.0 Å². The molecule has 0 amide bonds. The first kappa shape index (κ1) is 30.2. The lowest BCUT2D eigenvalue weighted by Gasteiger charge is -2.23. The van der Waals surface area contributed by atoms with Crippen LogP contribution in [0.15, 0.2) is 36.4 Å². The smallest absolute Gasteiger partial charge is 0.308 e. The Kier molecular flexibility index (Phi) is 12.5. The molecule has 8 nitrogen and oxygen atoms in total. The third-order valence-electron chi connectivity index (χ3n) is 5.47. The zero-order chi connectivity index (χ0) is 27.4. The van der Waals surface area contributed by atoms with Gasteiger partial charge in [0.1, 0.15) is 19.0 Å². The van der Waals surface area contributed by atoms with E-state index in [1.54, 1.807) is 31.2 Å². The summed E-state index contributed by atoms with van der Waals surface area (Å²) in [6, 6.07) is 7.59. The molecule has 0 aromatic heterocycles. The molecule has 2 atom stereocenters. The third-order valence-corrected chi connectivity index (χ3v) is 5.47. The molecule has 0 saturated carbocycles. The average molecular weight is 521 g/mol. The van der Waals surface area contributed by atoms with Crippen LogP contribution >= 0.6 is 0 Å². The van der Waals surface area contributed by atoms with Crippen molar-refractivity contribution < 1.29 is 43.8 Å². The minimum absolute atomic E-state index is 0.00577. The lowest BCUT2D eigenvalue weighted by atomic mass is 9.88. The van der Waals surface area contributed by atoms with Crippen LogP contribution in [0.25, 0.3) is 17.2 Å². The van der Waals surface area contributed by atoms with Crippen molar-refractivity contribution in [1.82, 2.24) is 0 Å². The van der Waals surface area contributed by atoms with Gasteiger partial charge in [-0.2, -0.15) is 0 Å². The quantitative estimate of drug-likeness (QED) is 0.263. The summed E-state index contributed by atoms with van der Waals surface area (Å²) in [6.45, 7) is 5.34. The first-order chi connectivity index (χ1) is 17.7. The van der Waals surface area contributed by atoms with Gasteiger partial charge in [0, 0.05) is 12.0 Å². The number of benzene rings is 2. The van der Waals surface area contributed by atoms with Gasteiger partial charge in [-0.3, -0.25) is 4.79 Å². The number of hydrogen-bond donors (Lipinski definition) is 4. The highest BCUT2D eigenvalue weighted by atomic mass is 19.1. The van der Waals surface area contributed by atoms with Gasteiger partial charge >= 0.3 is 5.97 Å². The molecule has 0 aliphatic heterocycles. The number of esters is 1. The van der Waals surface area contributed by atoms with Crippen LogP contribution in [0.5, 0.6) is 11.5 Å². The molecule has 204 valence electrons. The number of rotatable bonds is 15. The summed E-state index contributed by atoms with van der Waals surface area (Å²) in [5.41, 5.74) is 2.68. The molecule has 0 aliphatic carbocycles. The second kappa shape index (κ2) is 15.3. The minimum Gasteiger partial charge on any atom is -0.487 e. The highest BCUT2D eigenvalue weighted by Crippen LogP contribution is 2.45. The van der Waals surface area contributed by atoms with E-state index in [-0.39, 0.29) is 51.8 Å². The van der Waals surface area contributed by atoms with Gasteiger partial charge < -0.3 is 34.6 Å². The fourth-order valence-electron chi connectivity index (χ4n) is 3.85. The number of hydrogen-bond acceptors (Lipinski definition) is 8. The first-order valence-corrected chi connectivity index (χ1v) is 12.4.